The summed E-state index contributed by atoms with van der Waals surface area (Å²) in [6, 6.07) is 7.95. The summed E-state index contributed by atoms with van der Waals surface area (Å²) in [6.07, 6.45) is 3.07. The van der Waals surface area contributed by atoms with Crippen molar-refractivity contribution in [3.63, 3.8) is 0 Å². The van der Waals surface area contributed by atoms with Crippen LogP contribution in [0.2, 0.25) is 0 Å². The Bertz CT molecular complexity index is 828. The molecule has 0 unspecified atom stereocenters. The molecule has 0 radical (unpaired) electrons. The summed E-state index contributed by atoms with van der Waals surface area (Å²) in [5, 5.41) is 6.61. The van der Waals surface area contributed by atoms with Crippen molar-refractivity contribution in [1.29, 1.82) is 0 Å². The fourth-order valence-corrected chi connectivity index (χ4v) is 4.60. The molecule has 2 N–H and O–H groups in total. The van der Waals surface area contributed by atoms with E-state index in [0.717, 1.165) is 48.5 Å². The Morgan fingerprint density at radius 1 is 1.27 bits per heavy atom. The Labute approximate surface area is 180 Å². The molecule has 1 aliphatic heterocycles. The Balaban J connectivity index is 1.88. The second kappa shape index (κ2) is 9.21. The van der Waals surface area contributed by atoms with Crippen LogP contribution in [-0.2, 0) is 9.59 Å². The largest absolute Gasteiger partial charge is 0.357 e. The molecule has 1 heterocycles. The lowest BCUT2D eigenvalue weighted by atomic mass is 9.74. The highest BCUT2D eigenvalue weighted by molar-refractivity contribution is 6.01. The highest BCUT2D eigenvalue weighted by Gasteiger charge is 2.40. The molecule has 1 aromatic rings. The van der Waals surface area contributed by atoms with Crippen LogP contribution in [0.15, 0.2) is 35.5 Å². The van der Waals surface area contributed by atoms with Crippen LogP contribution in [0.1, 0.15) is 46.5 Å². The third-order valence-corrected chi connectivity index (χ3v) is 5.93. The molecule has 1 amide bonds. The molecule has 6 heteroatoms. The molecule has 6 nitrogen and oxygen atoms in total. The number of benzene rings is 1. The number of carbonyl (C=O) groups is 2. The molecule has 2 aliphatic rings. The summed E-state index contributed by atoms with van der Waals surface area (Å²) < 4.78 is 0. The number of nitrogens with zero attached hydrogens (tertiary/aromatic N) is 2. The predicted molar refractivity (Wildman–Crippen MR) is 123 cm³/mol. The summed E-state index contributed by atoms with van der Waals surface area (Å²) in [4.78, 5) is 30.2. The first-order valence-corrected chi connectivity index (χ1v) is 11.0. The van der Waals surface area contributed by atoms with E-state index in [1.54, 1.807) is 0 Å². The van der Waals surface area contributed by atoms with Crippen molar-refractivity contribution in [3.8, 4) is 0 Å². The number of anilines is 2. The third kappa shape index (κ3) is 5.04. The zero-order chi connectivity index (χ0) is 21.9. The van der Waals surface area contributed by atoms with E-state index in [2.05, 4.69) is 41.2 Å². The number of ketones is 1. The number of fused-ring (bicyclic) bond motifs is 1. The Kier molecular flexibility index (Phi) is 6.86. The van der Waals surface area contributed by atoms with Gasteiger partial charge in [0.1, 0.15) is 0 Å². The number of allylic oxidation sites excluding steroid dienone is 1. The van der Waals surface area contributed by atoms with Gasteiger partial charge in [-0.1, -0.05) is 32.9 Å². The summed E-state index contributed by atoms with van der Waals surface area (Å²) in [7, 11) is 4.06. The van der Waals surface area contributed by atoms with Crippen LogP contribution in [-0.4, -0.2) is 56.4 Å². The molecule has 164 valence electrons. The Hall–Kier alpha value is -2.34. The van der Waals surface area contributed by atoms with E-state index < -0.39 is 0 Å². The highest BCUT2D eigenvalue weighted by atomic mass is 16.2. The van der Waals surface area contributed by atoms with Crippen LogP contribution in [0.3, 0.4) is 0 Å². The number of nitrogens with one attached hydrogen (secondary N) is 2. The zero-order valence-corrected chi connectivity index (χ0v) is 19.0. The molecule has 0 saturated heterocycles. The van der Waals surface area contributed by atoms with E-state index >= 15 is 0 Å². The van der Waals surface area contributed by atoms with Gasteiger partial charge in [0.2, 0.25) is 5.91 Å². The maximum atomic E-state index is 13.2. The number of Topliss-reactive ketones (excluding diaryl/α,β-unsaturated/α-hetero) is 1. The minimum Gasteiger partial charge on any atom is -0.357 e. The molecule has 0 aromatic heterocycles. The van der Waals surface area contributed by atoms with Crippen molar-refractivity contribution >= 4 is 23.1 Å². The first kappa shape index (κ1) is 22.3. The van der Waals surface area contributed by atoms with Gasteiger partial charge in [-0.15, -0.1) is 0 Å². The van der Waals surface area contributed by atoms with Crippen molar-refractivity contribution in [2.75, 3.05) is 43.9 Å². The minimum absolute atomic E-state index is 0.00496. The lowest BCUT2D eigenvalue weighted by Crippen LogP contribution is -2.46. The SMILES string of the molecule is CC[C@@H]1C2=C(CC(C)(C)CC2=O)Nc2ccccc2N1CC(=O)NCCCN(C)C. The van der Waals surface area contributed by atoms with E-state index in [1.165, 1.54) is 0 Å². The van der Waals surface area contributed by atoms with Crippen LogP contribution in [0.4, 0.5) is 11.4 Å². The predicted octanol–water partition coefficient (Wildman–Crippen LogP) is 3.41. The average molecular weight is 413 g/mol. The topological polar surface area (TPSA) is 64.7 Å². The lowest BCUT2D eigenvalue weighted by molar-refractivity contribution is -0.120. The van der Waals surface area contributed by atoms with Gasteiger partial charge < -0.3 is 20.4 Å². The van der Waals surface area contributed by atoms with Crippen molar-refractivity contribution in [1.82, 2.24) is 10.2 Å². The van der Waals surface area contributed by atoms with Crippen LogP contribution in [0.5, 0.6) is 0 Å². The van der Waals surface area contributed by atoms with Crippen molar-refractivity contribution in [3.05, 3.63) is 35.5 Å². The first-order valence-electron chi connectivity index (χ1n) is 11.0. The first-order chi connectivity index (χ1) is 14.2. The zero-order valence-electron chi connectivity index (χ0n) is 19.0. The van der Waals surface area contributed by atoms with E-state index in [4.69, 9.17) is 0 Å². The molecule has 0 saturated carbocycles. The summed E-state index contributed by atoms with van der Waals surface area (Å²) in [5.41, 5.74) is 3.76. The van der Waals surface area contributed by atoms with Gasteiger partial charge in [0.05, 0.1) is 24.0 Å². The van der Waals surface area contributed by atoms with Gasteiger partial charge in [-0.2, -0.15) is 0 Å². The molecular weight excluding hydrogens is 376 g/mol. The van der Waals surface area contributed by atoms with Crippen LogP contribution < -0.4 is 15.5 Å². The van der Waals surface area contributed by atoms with Gasteiger partial charge in [-0.25, -0.2) is 0 Å². The normalized spacial score (nSPS) is 20.4. The van der Waals surface area contributed by atoms with E-state index in [0.29, 0.717) is 13.0 Å². The number of hydrogen-bond acceptors (Lipinski definition) is 5. The molecule has 0 spiro atoms. The quantitative estimate of drug-likeness (QED) is 0.672. The summed E-state index contributed by atoms with van der Waals surface area (Å²) >= 11 is 0. The van der Waals surface area contributed by atoms with E-state index in [9.17, 15) is 9.59 Å². The van der Waals surface area contributed by atoms with Crippen molar-refractivity contribution in [2.24, 2.45) is 5.41 Å². The fraction of sp³-hybridized carbons (Fsp3) is 0.583. The maximum absolute atomic E-state index is 13.2. The monoisotopic (exact) mass is 412 g/mol. The molecule has 0 fully saturated rings. The van der Waals surface area contributed by atoms with Gasteiger partial charge in [0.25, 0.3) is 0 Å². The summed E-state index contributed by atoms with van der Waals surface area (Å²) in [5.74, 6) is 0.194. The molecular formula is C24H36N4O2. The van der Waals surface area contributed by atoms with Crippen LogP contribution in [0, 0.1) is 5.41 Å². The molecule has 3 rings (SSSR count). The average Bonchev–Trinajstić information content (AvgIpc) is 2.78. The number of carbonyl (C=O) groups excluding carboxylic acids is 2. The maximum Gasteiger partial charge on any atom is 0.239 e. The number of rotatable bonds is 7. The van der Waals surface area contributed by atoms with E-state index in [1.807, 2.05) is 38.4 Å². The standard InChI is InChI=1S/C24H36N4O2/c1-6-19-23-18(14-24(2,3)15-21(23)29)26-17-10-7-8-11-20(17)28(19)16-22(30)25-12-9-13-27(4)5/h7-8,10-11,19,26H,6,9,12-16H2,1-5H3,(H,25,30)/t19-/m1/s1. The van der Waals surface area contributed by atoms with Crippen LogP contribution in [0.25, 0.3) is 0 Å². The fourth-order valence-electron chi connectivity index (χ4n) is 4.60. The second-order valence-electron chi connectivity index (χ2n) is 9.53. The van der Waals surface area contributed by atoms with Gasteiger partial charge >= 0.3 is 0 Å². The lowest BCUT2D eigenvalue weighted by Gasteiger charge is -2.37. The summed E-state index contributed by atoms with van der Waals surface area (Å²) in [6.45, 7) is 8.22. The Morgan fingerprint density at radius 3 is 2.70 bits per heavy atom. The third-order valence-electron chi connectivity index (χ3n) is 5.93. The molecule has 30 heavy (non-hydrogen) atoms. The molecule has 1 aliphatic carbocycles. The van der Waals surface area contributed by atoms with Crippen molar-refractivity contribution in [2.45, 2.75) is 52.5 Å². The van der Waals surface area contributed by atoms with Crippen LogP contribution >= 0.6 is 0 Å². The molecule has 1 atom stereocenters. The number of para-hydroxylation sites is 2. The van der Waals surface area contributed by atoms with Gasteiger partial charge in [0, 0.05) is 24.2 Å². The van der Waals surface area contributed by atoms with Gasteiger partial charge in [-0.3, -0.25) is 9.59 Å². The minimum atomic E-state index is -0.104. The highest BCUT2D eigenvalue weighted by Crippen LogP contribution is 2.44. The van der Waals surface area contributed by atoms with Gasteiger partial charge in [-0.05, 0) is 57.5 Å². The van der Waals surface area contributed by atoms with Gasteiger partial charge in [0.15, 0.2) is 5.78 Å². The number of hydrogen-bond donors (Lipinski definition) is 2. The smallest absolute Gasteiger partial charge is 0.239 e. The van der Waals surface area contributed by atoms with Crippen molar-refractivity contribution < 1.29 is 9.59 Å². The number of amides is 1. The molecule has 1 aromatic carbocycles. The Morgan fingerprint density at radius 2 is 2.00 bits per heavy atom. The molecule has 0 bridgehead atoms. The van der Waals surface area contributed by atoms with E-state index in [-0.39, 0.29) is 29.7 Å². The second-order valence-corrected chi connectivity index (χ2v) is 9.53.